The zero-order valence-corrected chi connectivity index (χ0v) is 15.3. The van der Waals surface area contributed by atoms with Crippen molar-refractivity contribution in [3.8, 4) is 0 Å². The van der Waals surface area contributed by atoms with Gasteiger partial charge in [-0.2, -0.15) is 10.2 Å². The Labute approximate surface area is 147 Å². The highest BCUT2D eigenvalue weighted by Crippen LogP contribution is 2.30. The standard InChI is InChI=1S/C17H26N6O2/c1-11(2)14-9-12(21-22(14)3)17(24)23-8-6-5-7-13(23)16-18-15(10-25-4)19-20-16/h9,11,13H,5-8,10H2,1-4H3,(H,18,19,20). The van der Waals surface area contributed by atoms with Crippen molar-refractivity contribution in [3.63, 3.8) is 0 Å². The van der Waals surface area contributed by atoms with Gasteiger partial charge >= 0.3 is 0 Å². The van der Waals surface area contributed by atoms with Crippen molar-refractivity contribution >= 4 is 5.91 Å². The number of nitrogens with zero attached hydrogens (tertiary/aromatic N) is 5. The van der Waals surface area contributed by atoms with Gasteiger partial charge in [0.15, 0.2) is 17.3 Å². The Hall–Kier alpha value is -2.22. The van der Waals surface area contributed by atoms with Crippen LogP contribution in [0.15, 0.2) is 6.07 Å². The maximum atomic E-state index is 13.1. The molecule has 3 rings (SSSR count). The lowest BCUT2D eigenvalue weighted by Gasteiger charge is -2.33. The number of carbonyl (C=O) groups is 1. The molecular formula is C17H26N6O2. The minimum absolute atomic E-state index is 0.0507. The molecule has 1 N–H and O–H groups in total. The monoisotopic (exact) mass is 346 g/mol. The highest BCUT2D eigenvalue weighted by molar-refractivity contribution is 5.92. The van der Waals surface area contributed by atoms with Crippen LogP contribution in [0.25, 0.3) is 0 Å². The van der Waals surface area contributed by atoms with Crippen LogP contribution in [0.5, 0.6) is 0 Å². The number of carbonyl (C=O) groups excluding carboxylic acids is 1. The SMILES string of the molecule is COCc1nc(C2CCCCN2C(=O)c2cc(C(C)C)n(C)n2)n[nH]1. The molecule has 1 amide bonds. The molecule has 8 heteroatoms. The quantitative estimate of drug-likeness (QED) is 0.896. The lowest BCUT2D eigenvalue weighted by molar-refractivity contribution is 0.0593. The van der Waals surface area contributed by atoms with Gasteiger partial charge in [-0.3, -0.25) is 14.6 Å². The molecule has 2 aromatic heterocycles. The number of amides is 1. The molecule has 0 radical (unpaired) electrons. The van der Waals surface area contributed by atoms with Gasteiger partial charge in [0.2, 0.25) is 0 Å². The van der Waals surface area contributed by atoms with E-state index in [2.05, 4.69) is 34.1 Å². The molecule has 3 heterocycles. The molecule has 1 saturated heterocycles. The summed E-state index contributed by atoms with van der Waals surface area (Å²) in [6, 6.07) is 1.78. The number of aryl methyl sites for hydroxylation is 1. The number of hydrogen-bond acceptors (Lipinski definition) is 5. The first-order valence-electron chi connectivity index (χ1n) is 8.76. The molecule has 0 aliphatic carbocycles. The smallest absolute Gasteiger partial charge is 0.274 e. The molecule has 1 aliphatic heterocycles. The second kappa shape index (κ2) is 7.35. The predicted molar refractivity (Wildman–Crippen MR) is 92.0 cm³/mol. The van der Waals surface area contributed by atoms with Gasteiger partial charge in [0, 0.05) is 26.4 Å². The number of nitrogens with one attached hydrogen (secondary N) is 1. The van der Waals surface area contributed by atoms with Crippen LogP contribution in [0, 0.1) is 0 Å². The average molecular weight is 346 g/mol. The molecule has 0 aromatic carbocycles. The van der Waals surface area contributed by atoms with E-state index in [1.54, 1.807) is 11.8 Å². The Morgan fingerprint density at radius 1 is 1.44 bits per heavy atom. The first kappa shape index (κ1) is 17.6. The van der Waals surface area contributed by atoms with Crippen molar-refractivity contribution in [2.75, 3.05) is 13.7 Å². The second-order valence-electron chi connectivity index (χ2n) is 6.82. The van der Waals surface area contributed by atoms with E-state index in [-0.39, 0.29) is 11.9 Å². The lowest BCUT2D eigenvalue weighted by Crippen LogP contribution is -2.39. The number of likely N-dealkylation sites (tertiary alicyclic amines) is 1. The zero-order valence-electron chi connectivity index (χ0n) is 15.3. The van der Waals surface area contributed by atoms with Gasteiger partial charge in [0.25, 0.3) is 5.91 Å². The Bertz CT molecular complexity index is 735. The van der Waals surface area contributed by atoms with Crippen LogP contribution in [0.1, 0.15) is 72.9 Å². The van der Waals surface area contributed by atoms with Crippen molar-refractivity contribution in [1.82, 2.24) is 29.9 Å². The fraction of sp³-hybridized carbons (Fsp3) is 0.647. The van der Waals surface area contributed by atoms with Gasteiger partial charge in [0.05, 0.1) is 6.04 Å². The summed E-state index contributed by atoms with van der Waals surface area (Å²) in [5, 5.41) is 11.6. The van der Waals surface area contributed by atoms with Crippen molar-refractivity contribution in [3.05, 3.63) is 29.1 Å². The first-order valence-corrected chi connectivity index (χ1v) is 8.76. The molecule has 1 aliphatic rings. The van der Waals surface area contributed by atoms with Gasteiger partial charge in [-0.15, -0.1) is 0 Å². The van der Waals surface area contributed by atoms with Gasteiger partial charge in [-0.25, -0.2) is 4.98 Å². The molecule has 1 atom stereocenters. The van der Waals surface area contributed by atoms with Crippen LogP contribution in [0.3, 0.4) is 0 Å². The first-order chi connectivity index (χ1) is 12.0. The predicted octanol–water partition coefficient (Wildman–Crippen LogP) is 2.18. The molecule has 8 nitrogen and oxygen atoms in total. The van der Waals surface area contributed by atoms with Crippen molar-refractivity contribution in [2.24, 2.45) is 7.05 Å². The van der Waals surface area contributed by atoms with Gasteiger partial charge in [-0.05, 0) is 31.2 Å². The van der Waals surface area contributed by atoms with Crippen molar-refractivity contribution in [1.29, 1.82) is 0 Å². The molecular weight excluding hydrogens is 320 g/mol. The van der Waals surface area contributed by atoms with Crippen LogP contribution in [0.4, 0.5) is 0 Å². The number of aromatic nitrogens is 5. The normalized spacial score (nSPS) is 18.1. The number of piperidine rings is 1. The number of H-pyrrole nitrogens is 1. The minimum atomic E-state index is -0.118. The summed E-state index contributed by atoms with van der Waals surface area (Å²) >= 11 is 0. The summed E-state index contributed by atoms with van der Waals surface area (Å²) in [4.78, 5) is 19.4. The van der Waals surface area contributed by atoms with E-state index >= 15 is 0 Å². The minimum Gasteiger partial charge on any atom is -0.377 e. The maximum Gasteiger partial charge on any atom is 0.274 e. The number of rotatable bonds is 5. The summed E-state index contributed by atoms with van der Waals surface area (Å²) < 4.78 is 6.88. The molecule has 0 bridgehead atoms. The van der Waals surface area contributed by atoms with Crippen LogP contribution in [-0.4, -0.2) is 49.4 Å². The maximum absolute atomic E-state index is 13.1. The summed E-state index contributed by atoms with van der Waals surface area (Å²) in [5.74, 6) is 1.60. The number of methoxy groups -OCH3 is 1. The third-order valence-corrected chi connectivity index (χ3v) is 4.62. The average Bonchev–Trinajstić information content (AvgIpc) is 3.21. The topological polar surface area (TPSA) is 88.9 Å². The largest absolute Gasteiger partial charge is 0.377 e. The fourth-order valence-corrected chi connectivity index (χ4v) is 3.38. The third-order valence-electron chi connectivity index (χ3n) is 4.62. The van der Waals surface area contributed by atoms with Gasteiger partial charge < -0.3 is 9.64 Å². The number of ether oxygens (including phenoxy) is 1. The zero-order chi connectivity index (χ0) is 18.0. The van der Waals surface area contributed by atoms with Gasteiger partial charge in [0.1, 0.15) is 6.61 Å². The summed E-state index contributed by atoms with van der Waals surface area (Å²) in [7, 11) is 3.50. The Morgan fingerprint density at radius 3 is 2.92 bits per heavy atom. The number of hydrogen-bond donors (Lipinski definition) is 1. The third kappa shape index (κ3) is 3.58. The van der Waals surface area contributed by atoms with E-state index in [0.717, 1.165) is 25.0 Å². The van der Waals surface area contributed by atoms with Crippen LogP contribution in [0.2, 0.25) is 0 Å². The van der Waals surface area contributed by atoms with Crippen molar-refractivity contribution in [2.45, 2.75) is 51.7 Å². The molecule has 0 spiro atoms. The molecule has 0 saturated carbocycles. The molecule has 25 heavy (non-hydrogen) atoms. The number of aromatic amines is 1. The van der Waals surface area contributed by atoms with Crippen LogP contribution in [-0.2, 0) is 18.4 Å². The van der Waals surface area contributed by atoms with Crippen LogP contribution >= 0.6 is 0 Å². The fourth-order valence-electron chi connectivity index (χ4n) is 3.38. The summed E-state index contributed by atoms with van der Waals surface area (Å²) in [6.45, 7) is 5.27. The van der Waals surface area contributed by atoms with E-state index in [1.807, 2.05) is 18.0 Å². The molecule has 1 fully saturated rings. The second-order valence-corrected chi connectivity index (χ2v) is 6.82. The highest BCUT2D eigenvalue weighted by atomic mass is 16.5. The highest BCUT2D eigenvalue weighted by Gasteiger charge is 2.32. The van der Waals surface area contributed by atoms with E-state index in [0.29, 0.717) is 36.4 Å². The Balaban J connectivity index is 1.84. The Morgan fingerprint density at radius 2 is 2.24 bits per heavy atom. The van der Waals surface area contributed by atoms with E-state index < -0.39 is 0 Å². The molecule has 2 aromatic rings. The molecule has 1 unspecified atom stereocenters. The van der Waals surface area contributed by atoms with Crippen LogP contribution < -0.4 is 0 Å². The summed E-state index contributed by atoms with van der Waals surface area (Å²) in [5.41, 5.74) is 1.54. The summed E-state index contributed by atoms with van der Waals surface area (Å²) in [6.07, 6.45) is 2.91. The van der Waals surface area contributed by atoms with Gasteiger partial charge in [-0.1, -0.05) is 13.8 Å². The van der Waals surface area contributed by atoms with E-state index in [9.17, 15) is 4.79 Å². The van der Waals surface area contributed by atoms with E-state index in [4.69, 9.17) is 4.74 Å². The van der Waals surface area contributed by atoms with E-state index in [1.165, 1.54) is 0 Å². The molecule has 136 valence electrons. The lowest BCUT2D eigenvalue weighted by atomic mass is 10.0. The Kier molecular flexibility index (Phi) is 5.17. The van der Waals surface area contributed by atoms with Crippen molar-refractivity contribution < 1.29 is 9.53 Å².